The third kappa shape index (κ3) is 6.73. The molecule has 0 aliphatic rings. The Bertz CT molecular complexity index is 732. The highest BCUT2D eigenvalue weighted by molar-refractivity contribution is 7.80. The quantitative estimate of drug-likeness (QED) is 0.445. The zero-order valence-electron chi connectivity index (χ0n) is 14.0. The smallest absolute Gasteiger partial charge is 0.308 e. The average Bonchev–Trinajstić information content (AvgIpc) is 2.66. The Morgan fingerprint density at radius 1 is 1.28 bits per heavy atom. The van der Waals surface area contributed by atoms with Crippen molar-refractivity contribution in [3.63, 3.8) is 0 Å². The van der Waals surface area contributed by atoms with Gasteiger partial charge in [0.05, 0.1) is 25.1 Å². The van der Waals surface area contributed by atoms with Crippen LogP contribution in [-0.4, -0.2) is 29.7 Å². The molecule has 0 unspecified atom stereocenters. The number of hydrogen-bond donors (Lipinski definition) is 1. The number of thiocarbonyl (C=S) groups is 1. The Morgan fingerprint density at radius 3 is 2.88 bits per heavy atom. The van der Waals surface area contributed by atoms with E-state index in [0.29, 0.717) is 17.3 Å². The van der Waals surface area contributed by atoms with Crippen molar-refractivity contribution in [2.45, 2.75) is 13.0 Å². The lowest BCUT2D eigenvalue weighted by atomic mass is 10.2. The van der Waals surface area contributed by atoms with E-state index in [4.69, 9.17) is 17.0 Å². The summed E-state index contributed by atoms with van der Waals surface area (Å²) >= 11 is 5.31. The highest BCUT2D eigenvalue weighted by Gasteiger charge is 2.03. The van der Waals surface area contributed by atoms with Gasteiger partial charge in [-0.15, -0.1) is 0 Å². The minimum absolute atomic E-state index is 0.208. The number of hydrogen-bond acceptors (Lipinski definition) is 5. The molecule has 1 aromatic heterocycles. The summed E-state index contributed by atoms with van der Waals surface area (Å²) in [5.41, 5.74) is 1.95. The van der Waals surface area contributed by atoms with Crippen LogP contribution in [0.3, 0.4) is 0 Å². The van der Waals surface area contributed by atoms with Crippen molar-refractivity contribution < 1.29 is 14.3 Å². The van der Waals surface area contributed by atoms with Crippen LogP contribution in [0.2, 0.25) is 0 Å². The van der Waals surface area contributed by atoms with Crippen LogP contribution in [0.4, 0.5) is 0 Å². The molecule has 1 N–H and O–H groups in total. The molecule has 2 rings (SSSR count). The van der Waals surface area contributed by atoms with E-state index in [1.54, 1.807) is 12.4 Å². The maximum absolute atomic E-state index is 11.1. The molecule has 2 aromatic rings. The summed E-state index contributed by atoms with van der Waals surface area (Å²) in [4.78, 5) is 15.8. The van der Waals surface area contributed by atoms with Gasteiger partial charge in [-0.3, -0.25) is 9.78 Å². The average molecular weight is 356 g/mol. The van der Waals surface area contributed by atoms with Gasteiger partial charge in [0.1, 0.15) is 5.75 Å². The van der Waals surface area contributed by atoms with Gasteiger partial charge in [-0.05, 0) is 29.8 Å². The summed E-state index contributed by atoms with van der Waals surface area (Å²) in [5, 5.41) is 3.16. The number of methoxy groups -OCH3 is 1. The maximum Gasteiger partial charge on any atom is 0.308 e. The Morgan fingerprint density at radius 2 is 2.12 bits per heavy atom. The molecule has 0 fully saturated rings. The van der Waals surface area contributed by atoms with Gasteiger partial charge in [-0.2, -0.15) is 0 Å². The Hall–Kier alpha value is -2.73. The molecule has 0 bridgehead atoms. The van der Waals surface area contributed by atoms with E-state index in [1.807, 2.05) is 48.6 Å². The van der Waals surface area contributed by atoms with E-state index in [-0.39, 0.29) is 19.0 Å². The zero-order valence-corrected chi connectivity index (χ0v) is 14.8. The molecule has 0 aliphatic heterocycles. The number of nitrogens with zero attached hydrogens (tertiary/aromatic N) is 1. The first-order valence-electron chi connectivity index (χ1n) is 7.82. The lowest BCUT2D eigenvalue weighted by Gasteiger charge is -2.09. The first-order valence-corrected chi connectivity index (χ1v) is 8.23. The molecule has 6 heteroatoms. The molecule has 5 nitrogen and oxygen atoms in total. The molecule has 0 radical (unpaired) electrons. The number of nitrogens with one attached hydrogen (secondary N) is 1. The Labute approximate surface area is 152 Å². The summed E-state index contributed by atoms with van der Waals surface area (Å²) in [6.45, 7) is 0.884. The van der Waals surface area contributed by atoms with Crippen LogP contribution in [0, 0.1) is 0 Å². The van der Waals surface area contributed by atoms with Crippen molar-refractivity contribution in [2.24, 2.45) is 0 Å². The van der Waals surface area contributed by atoms with Crippen LogP contribution < -0.4 is 10.1 Å². The van der Waals surface area contributed by atoms with Gasteiger partial charge in [0.2, 0.25) is 0 Å². The zero-order chi connectivity index (χ0) is 17.9. The standard InChI is InChI=1S/C19H20N2O3S/c1-23-19(22)10-12-24-17-7-3-2-6-16(17)8-9-18(25)21-14-15-5-4-11-20-13-15/h2-9,11,13H,10,12,14H2,1H3,(H,21,25)/b9-8+. The van der Waals surface area contributed by atoms with Crippen molar-refractivity contribution in [2.75, 3.05) is 13.7 Å². The summed E-state index contributed by atoms with van der Waals surface area (Å²) in [5.74, 6) is 0.395. The predicted octanol–water partition coefficient (Wildman–Crippen LogP) is 3.15. The van der Waals surface area contributed by atoms with Gasteiger partial charge in [0.15, 0.2) is 0 Å². The minimum atomic E-state index is -0.297. The molecule has 0 aliphatic carbocycles. The molecule has 1 aromatic carbocycles. The van der Waals surface area contributed by atoms with E-state index in [1.165, 1.54) is 7.11 Å². The molecule has 0 saturated carbocycles. The van der Waals surface area contributed by atoms with Crippen LogP contribution in [0.15, 0.2) is 54.9 Å². The van der Waals surface area contributed by atoms with Gasteiger partial charge in [-0.1, -0.05) is 36.5 Å². The van der Waals surface area contributed by atoms with E-state index in [9.17, 15) is 4.79 Å². The van der Waals surface area contributed by atoms with Crippen molar-refractivity contribution in [1.82, 2.24) is 10.3 Å². The Balaban J connectivity index is 1.89. The molecular weight excluding hydrogens is 336 g/mol. The number of para-hydroxylation sites is 1. The largest absolute Gasteiger partial charge is 0.492 e. The highest BCUT2D eigenvalue weighted by atomic mass is 32.1. The van der Waals surface area contributed by atoms with Crippen molar-refractivity contribution >= 4 is 29.3 Å². The Kier molecular flexibility index (Phi) is 7.59. The normalized spacial score (nSPS) is 10.4. The number of esters is 1. The molecule has 0 atom stereocenters. The van der Waals surface area contributed by atoms with E-state index in [0.717, 1.165) is 11.1 Å². The second kappa shape index (κ2) is 10.2. The van der Waals surface area contributed by atoms with Crippen molar-refractivity contribution in [3.8, 4) is 5.75 Å². The topological polar surface area (TPSA) is 60.5 Å². The molecule has 25 heavy (non-hydrogen) atoms. The fourth-order valence-electron chi connectivity index (χ4n) is 2.01. The number of pyridine rings is 1. The second-order valence-electron chi connectivity index (χ2n) is 5.12. The molecule has 1 heterocycles. The van der Waals surface area contributed by atoms with Crippen LogP contribution in [0.1, 0.15) is 17.5 Å². The third-order valence-electron chi connectivity index (χ3n) is 3.31. The third-order valence-corrected chi connectivity index (χ3v) is 3.59. The molecule has 130 valence electrons. The molecule has 0 saturated heterocycles. The summed E-state index contributed by atoms with van der Waals surface area (Å²) in [7, 11) is 1.36. The fourth-order valence-corrected chi connectivity index (χ4v) is 2.15. The van der Waals surface area contributed by atoms with E-state index < -0.39 is 0 Å². The summed E-state index contributed by atoms with van der Waals surface area (Å²) < 4.78 is 10.2. The van der Waals surface area contributed by atoms with Crippen LogP contribution in [0.5, 0.6) is 5.75 Å². The van der Waals surface area contributed by atoms with Crippen molar-refractivity contribution in [3.05, 3.63) is 66.0 Å². The number of ether oxygens (including phenoxy) is 2. The first kappa shape index (κ1) is 18.6. The maximum atomic E-state index is 11.1. The van der Waals surface area contributed by atoms with Crippen LogP contribution in [-0.2, 0) is 16.1 Å². The summed E-state index contributed by atoms with van der Waals surface area (Å²) in [6.07, 6.45) is 7.43. The second-order valence-corrected chi connectivity index (χ2v) is 5.56. The van der Waals surface area contributed by atoms with Gasteiger partial charge in [0, 0.05) is 24.5 Å². The lowest BCUT2D eigenvalue weighted by molar-refractivity contribution is -0.141. The SMILES string of the molecule is COC(=O)CCOc1ccccc1/C=C/C(=S)NCc1cccnc1. The van der Waals surface area contributed by atoms with E-state index in [2.05, 4.69) is 15.0 Å². The highest BCUT2D eigenvalue weighted by Crippen LogP contribution is 2.19. The van der Waals surface area contributed by atoms with Gasteiger partial charge >= 0.3 is 5.97 Å². The van der Waals surface area contributed by atoms with Gasteiger partial charge in [0.25, 0.3) is 0 Å². The molecular formula is C19H20N2O3S. The van der Waals surface area contributed by atoms with E-state index >= 15 is 0 Å². The number of benzene rings is 1. The summed E-state index contributed by atoms with van der Waals surface area (Å²) in [6, 6.07) is 11.4. The monoisotopic (exact) mass is 356 g/mol. The van der Waals surface area contributed by atoms with Crippen LogP contribution >= 0.6 is 12.2 Å². The number of aromatic nitrogens is 1. The number of carbonyl (C=O) groups is 1. The first-order chi connectivity index (χ1) is 12.2. The lowest BCUT2D eigenvalue weighted by Crippen LogP contribution is -2.18. The predicted molar refractivity (Wildman–Crippen MR) is 101 cm³/mol. The van der Waals surface area contributed by atoms with Gasteiger partial charge in [-0.25, -0.2) is 0 Å². The number of rotatable bonds is 8. The number of carbonyl (C=O) groups excluding carboxylic acids is 1. The van der Waals surface area contributed by atoms with Crippen LogP contribution in [0.25, 0.3) is 6.08 Å². The molecule has 0 spiro atoms. The minimum Gasteiger partial charge on any atom is -0.492 e. The van der Waals surface area contributed by atoms with Crippen molar-refractivity contribution in [1.29, 1.82) is 0 Å². The fraction of sp³-hybridized carbons (Fsp3) is 0.211. The van der Waals surface area contributed by atoms with Gasteiger partial charge < -0.3 is 14.8 Å². The molecule has 0 amide bonds.